The van der Waals surface area contributed by atoms with Crippen LogP contribution in [0.15, 0.2) is 30.6 Å². The summed E-state index contributed by atoms with van der Waals surface area (Å²) >= 11 is 6.35. The fraction of sp³-hybridized carbons (Fsp3) is 0.0588. The lowest BCUT2D eigenvalue weighted by molar-refractivity contribution is 0.259. The van der Waals surface area contributed by atoms with Gasteiger partial charge in [-0.15, -0.1) is 0 Å². The van der Waals surface area contributed by atoms with Crippen molar-refractivity contribution in [1.29, 1.82) is 5.26 Å². The van der Waals surface area contributed by atoms with E-state index in [9.17, 15) is 10.1 Å². The summed E-state index contributed by atoms with van der Waals surface area (Å²) in [7, 11) is 1.76. The summed E-state index contributed by atoms with van der Waals surface area (Å²) in [5.74, 6) is -0.0464. The Balaban J connectivity index is 2.01. The number of nitrogens with two attached hydrogens (primary N) is 1. The van der Waals surface area contributed by atoms with Crippen molar-refractivity contribution in [1.82, 2.24) is 29.9 Å². The van der Waals surface area contributed by atoms with Crippen LogP contribution in [0, 0.1) is 11.3 Å². The Kier molecular flexibility index (Phi) is 4.14. The highest BCUT2D eigenvalue weighted by Gasteiger charge is 2.20. The van der Waals surface area contributed by atoms with Crippen molar-refractivity contribution in [3.8, 4) is 28.7 Å². The van der Waals surface area contributed by atoms with Crippen LogP contribution in [0.2, 0.25) is 5.02 Å². The van der Waals surface area contributed by atoms with E-state index in [2.05, 4.69) is 30.6 Å². The van der Waals surface area contributed by atoms with Crippen LogP contribution in [0.5, 0.6) is 0 Å². The minimum atomic E-state index is -0.853. The van der Waals surface area contributed by atoms with Gasteiger partial charge in [0.25, 0.3) is 0 Å². The van der Waals surface area contributed by atoms with E-state index in [1.807, 2.05) is 12.1 Å². The second-order valence-corrected chi connectivity index (χ2v) is 6.29. The van der Waals surface area contributed by atoms with Crippen molar-refractivity contribution < 1.29 is 4.79 Å². The van der Waals surface area contributed by atoms with Crippen LogP contribution in [-0.4, -0.2) is 36.0 Å². The highest BCUT2D eigenvalue weighted by Crippen LogP contribution is 2.34. The first-order valence-electron chi connectivity index (χ1n) is 7.98. The predicted molar refractivity (Wildman–Crippen MR) is 102 cm³/mol. The summed E-state index contributed by atoms with van der Waals surface area (Å²) in [6, 6.07) is 6.33. The Hall–Kier alpha value is -3.97. The molecule has 11 heteroatoms. The molecule has 3 heterocycles. The van der Waals surface area contributed by atoms with Gasteiger partial charge in [-0.2, -0.15) is 15.5 Å². The Bertz CT molecular complexity index is 1270. The van der Waals surface area contributed by atoms with Gasteiger partial charge in [0.1, 0.15) is 23.2 Å². The molecule has 0 radical (unpaired) electrons. The molecule has 0 atom stereocenters. The van der Waals surface area contributed by atoms with E-state index in [-0.39, 0.29) is 11.5 Å². The van der Waals surface area contributed by atoms with Gasteiger partial charge in [0.15, 0.2) is 11.5 Å². The molecule has 1 aromatic carbocycles. The number of aromatic amines is 1. The Labute approximate surface area is 163 Å². The first-order valence-corrected chi connectivity index (χ1v) is 8.35. The molecule has 0 aliphatic rings. The molecule has 138 valence electrons. The molecule has 0 aliphatic heterocycles. The third-order valence-corrected chi connectivity index (χ3v) is 4.27. The number of primary amides is 1. The number of benzene rings is 1. The standard InChI is InChI=1S/C17H12ClN9O/c1-27-3-2-11(26-27)15-14(22-12(6-19)16(23-15)24-17(20)28)8-4-9-7-21-25-13(9)10(18)5-8/h2-5,7H,1H3,(H,21,25)(H3,20,23,24,28). The van der Waals surface area contributed by atoms with E-state index >= 15 is 0 Å². The monoisotopic (exact) mass is 393 g/mol. The van der Waals surface area contributed by atoms with Gasteiger partial charge in [0, 0.05) is 24.2 Å². The maximum Gasteiger partial charge on any atom is 0.317 e. The van der Waals surface area contributed by atoms with Crippen molar-refractivity contribution in [2.75, 3.05) is 5.32 Å². The highest BCUT2D eigenvalue weighted by atomic mass is 35.5. The molecular formula is C17H12ClN9O. The summed E-state index contributed by atoms with van der Waals surface area (Å²) in [5, 5.41) is 24.2. The number of urea groups is 1. The van der Waals surface area contributed by atoms with Crippen LogP contribution in [-0.2, 0) is 7.05 Å². The molecule has 0 saturated heterocycles. The van der Waals surface area contributed by atoms with Crippen LogP contribution in [0.3, 0.4) is 0 Å². The van der Waals surface area contributed by atoms with Gasteiger partial charge in [-0.25, -0.2) is 14.8 Å². The molecule has 10 nitrogen and oxygen atoms in total. The van der Waals surface area contributed by atoms with Gasteiger partial charge in [-0.1, -0.05) is 11.6 Å². The number of carbonyl (C=O) groups is 1. The number of nitrogens with zero attached hydrogens (tertiary/aromatic N) is 6. The van der Waals surface area contributed by atoms with Gasteiger partial charge >= 0.3 is 6.03 Å². The van der Waals surface area contributed by atoms with Gasteiger partial charge in [0.05, 0.1) is 16.7 Å². The quantitative estimate of drug-likeness (QED) is 0.486. The molecule has 3 aromatic heterocycles. The molecule has 0 unspecified atom stereocenters. The lowest BCUT2D eigenvalue weighted by Gasteiger charge is -2.11. The van der Waals surface area contributed by atoms with E-state index in [0.29, 0.717) is 33.2 Å². The zero-order chi connectivity index (χ0) is 19.8. The summed E-state index contributed by atoms with van der Waals surface area (Å²) in [4.78, 5) is 20.1. The normalized spacial score (nSPS) is 10.8. The largest absolute Gasteiger partial charge is 0.351 e. The van der Waals surface area contributed by atoms with Gasteiger partial charge in [-0.3, -0.25) is 15.1 Å². The number of aryl methyl sites for hydroxylation is 1. The number of amides is 2. The number of fused-ring (bicyclic) bond motifs is 1. The molecule has 4 N–H and O–H groups in total. The second kappa shape index (κ2) is 6.64. The van der Waals surface area contributed by atoms with E-state index < -0.39 is 6.03 Å². The summed E-state index contributed by atoms with van der Waals surface area (Å²) in [6.07, 6.45) is 3.37. The SMILES string of the molecule is Cn1ccc(-c2nc(NC(N)=O)c(C#N)nc2-c2cc(Cl)c3[nH]ncc3c2)n1. The number of hydrogen-bond acceptors (Lipinski definition) is 6. The lowest BCUT2D eigenvalue weighted by Crippen LogP contribution is -2.21. The van der Waals surface area contributed by atoms with Crippen molar-refractivity contribution in [2.45, 2.75) is 0 Å². The number of nitrogens with one attached hydrogen (secondary N) is 2. The molecule has 4 rings (SSSR count). The van der Waals surface area contributed by atoms with Gasteiger partial charge in [0.2, 0.25) is 0 Å². The number of anilines is 1. The fourth-order valence-electron chi connectivity index (χ4n) is 2.79. The average Bonchev–Trinajstić information content (AvgIpc) is 3.30. The van der Waals surface area contributed by atoms with Crippen LogP contribution in [0.1, 0.15) is 5.69 Å². The van der Waals surface area contributed by atoms with Crippen LogP contribution < -0.4 is 11.1 Å². The third-order valence-electron chi connectivity index (χ3n) is 3.97. The highest BCUT2D eigenvalue weighted by molar-refractivity contribution is 6.35. The topological polar surface area (TPSA) is 151 Å². The lowest BCUT2D eigenvalue weighted by atomic mass is 10.1. The van der Waals surface area contributed by atoms with Crippen molar-refractivity contribution in [3.05, 3.63) is 41.3 Å². The van der Waals surface area contributed by atoms with Crippen LogP contribution in [0.4, 0.5) is 10.6 Å². The zero-order valence-electron chi connectivity index (χ0n) is 14.4. The number of nitriles is 1. The Morgan fingerprint density at radius 1 is 1.36 bits per heavy atom. The van der Waals surface area contributed by atoms with Gasteiger partial charge < -0.3 is 5.73 Å². The fourth-order valence-corrected chi connectivity index (χ4v) is 3.06. The minimum absolute atomic E-state index is 0.0464. The maximum absolute atomic E-state index is 11.3. The van der Waals surface area contributed by atoms with Crippen LogP contribution in [0.25, 0.3) is 33.5 Å². The first kappa shape index (κ1) is 17.4. The maximum atomic E-state index is 11.3. The molecule has 0 bridgehead atoms. The molecular weight excluding hydrogens is 382 g/mol. The number of H-pyrrole nitrogens is 1. The smallest absolute Gasteiger partial charge is 0.317 e. The Morgan fingerprint density at radius 3 is 2.86 bits per heavy atom. The van der Waals surface area contributed by atoms with E-state index in [0.717, 1.165) is 5.39 Å². The van der Waals surface area contributed by atoms with Crippen molar-refractivity contribution in [2.24, 2.45) is 12.8 Å². The number of rotatable bonds is 3. The zero-order valence-corrected chi connectivity index (χ0v) is 15.2. The van der Waals surface area contributed by atoms with E-state index in [4.69, 9.17) is 17.3 Å². The molecule has 0 saturated carbocycles. The third kappa shape index (κ3) is 3.00. The molecule has 0 aliphatic carbocycles. The summed E-state index contributed by atoms with van der Waals surface area (Å²) in [6.45, 7) is 0. The average molecular weight is 394 g/mol. The number of hydrogen-bond donors (Lipinski definition) is 3. The molecule has 28 heavy (non-hydrogen) atoms. The second-order valence-electron chi connectivity index (χ2n) is 5.89. The molecule has 2 amide bonds. The number of aromatic nitrogens is 6. The number of carbonyl (C=O) groups excluding carboxylic acids is 1. The molecule has 0 fully saturated rings. The Morgan fingerprint density at radius 2 is 2.18 bits per heavy atom. The van der Waals surface area contributed by atoms with E-state index in [1.54, 1.807) is 36.3 Å². The van der Waals surface area contributed by atoms with E-state index in [1.165, 1.54) is 0 Å². The number of halogens is 1. The van der Waals surface area contributed by atoms with Crippen LogP contribution >= 0.6 is 11.6 Å². The summed E-state index contributed by atoms with van der Waals surface area (Å²) in [5.41, 5.74) is 7.66. The molecule has 4 aromatic rings. The molecule has 0 spiro atoms. The first-order chi connectivity index (χ1) is 13.5. The minimum Gasteiger partial charge on any atom is -0.351 e. The van der Waals surface area contributed by atoms with Crippen molar-refractivity contribution >= 4 is 34.4 Å². The van der Waals surface area contributed by atoms with Crippen molar-refractivity contribution in [3.63, 3.8) is 0 Å². The predicted octanol–water partition coefficient (Wildman–Crippen LogP) is 2.44. The van der Waals surface area contributed by atoms with Gasteiger partial charge in [-0.05, 0) is 18.2 Å². The summed E-state index contributed by atoms with van der Waals surface area (Å²) < 4.78 is 1.60.